The van der Waals surface area contributed by atoms with Gasteiger partial charge in [0.1, 0.15) is 5.76 Å². The maximum atomic E-state index is 8.79. The van der Waals surface area contributed by atoms with Crippen LogP contribution in [0.4, 0.5) is 0 Å². The van der Waals surface area contributed by atoms with E-state index in [9.17, 15) is 0 Å². The van der Waals surface area contributed by atoms with Crippen LogP contribution in [0.15, 0.2) is 59.0 Å². The molecule has 2 aromatic carbocycles. The van der Waals surface area contributed by atoms with Gasteiger partial charge in [-0.2, -0.15) is 5.26 Å². The van der Waals surface area contributed by atoms with Crippen molar-refractivity contribution in [2.75, 3.05) is 0 Å². The van der Waals surface area contributed by atoms with Gasteiger partial charge in [-0.05, 0) is 35.9 Å². The Labute approximate surface area is 127 Å². The lowest BCUT2D eigenvalue weighted by molar-refractivity contribution is 0.608. The van der Waals surface area contributed by atoms with E-state index >= 15 is 0 Å². The van der Waals surface area contributed by atoms with Crippen LogP contribution in [0.3, 0.4) is 0 Å². The molecule has 1 N–H and O–H groups in total. The molecule has 0 bridgehead atoms. The first-order valence-corrected chi connectivity index (χ1v) is 7.02. The fraction of sp³-hybridized carbons (Fsp3) is 0. The molecule has 0 fully saturated rings. The highest BCUT2D eigenvalue weighted by atomic mass is 16.3. The first-order chi connectivity index (χ1) is 10.8. The summed E-state index contributed by atoms with van der Waals surface area (Å²) in [4.78, 5) is 3.35. The highest BCUT2D eigenvalue weighted by Gasteiger charge is 2.08. The van der Waals surface area contributed by atoms with Crippen molar-refractivity contribution in [1.29, 1.82) is 5.26 Å². The van der Waals surface area contributed by atoms with Crippen LogP contribution < -0.4 is 0 Å². The number of nitriles is 1. The number of hydrogen-bond acceptors (Lipinski definition) is 2. The number of fused-ring (bicyclic) bond motifs is 3. The minimum atomic E-state index is 0.662. The first kappa shape index (κ1) is 12.5. The van der Waals surface area contributed by atoms with Gasteiger partial charge in [0.25, 0.3) is 0 Å². The van der Waals surface area contributed by atoms with E-state index in [2.05, 4.69) is 11.1 Å². The maximum Gasteiger partial charge on any atom is 0.160 e. The Morgan fingerprint density at radius 3 is 2.59 bits per heavy atom. The van der Waals surface area contributed by atoms with Crippen LogP contribution >= 0.6 is 0 Å². The lowest BCUT2D eigenvalue weighted by atomic mass is 10.1. The van der Waals surface area contributed by atoms with Crippen molar-refractivity contribution < 1.29 is 4.42 Å². The second kappa shape index (κ2) is 4.94. The molecule has 0 aliphatic rings. The molecule has 0 amide bonds. The fourth-order valence-corrected chi connectivity index (χ4v) is 2.57. The van der Waals surface area contributed by atoms with Gasteiger partial charge in [0.05, 0.1) is 17.1 Å². The highest BCUT2D eigenvalue weighted by Crippen LogP contribution is 2.28. The smallest absolute Gasteiger partial charge is 0.160 e. The summed E-state index contributed by atoms with van der Waals surface area (Å²) in [7, 11) is 0. The molecular weight excluding hydrogens is 272 g/mol. The summed E-state index contributed by atoms with van der Waals surface area (Å²) in [6.07, 6.45) is 3.91. The van der Waals surface area contributed by atoms with Gasteiger partial charge in [-0.3, -0.25) is 0 Å². The van der Waals surface area contributed by atoms with Crippen molar-refractivity contribution in [1.82, 2.24) is 4.98 Å². The molecule has 0 atom stereocenters. The molecule has 0 spiro atoms. The average molecular weight is 284 g/mol. The predicted molar refractivity (Wildman–Crippen MR) is 88.2 cm³/mol. The molecule has 3 heteroatoms. The van der Waals surface area contributed by atoms with Crippen molar-refractivity contribution >= 4 is 34.2 Å². The number of furan rings is 1. The van der Waals surface area contributed by atoms with E-state index in [-0.39, 0.29) is 0 Å². The van der Waals surface area contributed by atoms with Crippen molar-refractivity contribution in [3.05, 3.63) is 71.5 Å². The SMILES string of the molecule is N#Cc1ccc(C=Cc2cc3[nH]c4ccccc4c3o2)cc1. The quantitative estimate of drug-likeness (QED) is 0.566. The summed E-state index contributed by atoms with van der Waals surface area (Å²) >= 11 is 0. The third-order valence-electron chi connectivity index (χ3n) is 3.67. The lowest BCUT2D eigenvalue weighted by Crippen LogP contribution is -1.74. The molecule has 2 heterocycles. The summed E-state index contributed by atoms with van der Waals surface area (Å²) in [5.74, 6) is 0.802. The van der Waals surface area contributed by atoms with Gasteiger partial charge in [0, 0.05) is 17.0 Å². The zero-order chi connectivity index (χ0) is 14.9. The van der Waals surface area contributed by atoms with Crippen molar-refractivity contribution in [2.24, 2.45) is 0 Å². The van der Waals surface area contributed by atoms with Gasteiger partial charge in [0.15, 0.2) is 5.58 Å². The maximum absolute atomic E-state index is 8.79. The van der Waals surface area contributed by atoms with E-state index in [1.165, 1.54) is 0 Å². The van der Waals surface area contributed by atoms with Crippen LogP contribution in [-0.2, 0) is 0 Å². The van der Waals surface area contributed by atoms with E-state index in [4.69, 9.17) is 9.68 Å². The molecule has 2 aromatic heterocycles. The number of aromatic amines is 1. The van der Waals surface area contributed by atoms with Gasteiger partial charge < -0.3 is 9.40 Å². The molecule has 0 radical (unpaired) electrons. The number of nitrogens with one attached hydrogen (secondary N) is 1. The largest absolute Gasteiger partial charge is 0.454 e. The number of benzene rings is 2. The summed E-state index contributed by atoms with van der Waals surface area (Å²) in [6.45, 7) is 0. The summed E-state index contributed by atoms with van der Waals surface area (Å²) in [6, 6.07) is 19.6. The van der Waals surface area contributed by atoms with Crippen molar-refractivity contribution in [3.63, 3.8) is 0 Å². The molecule has 0 aliphatic carbocycles. The van der Waals surface area contributed by atoms with Gasteiger partial charge in [-0.25, -0.2) is 0 Å². The van der Waals surface area contributed by atoms with E-state index < -0.39 is 0 Å². The number of H-pyrrole nitrogens is 1. The molecular formula is C19H12N2O. The predicted octanol–water partition coefficient (Wildman–Crippen LogP) is 4.96. The van der Waals surface area contributed by atoms with Crippen LogP contribution in [0.1, 0.15) is 16.9 Å². The normalized spacial score (nSPS) is 11.4. The molecule has 0 unspecified atom stereocenters. The fourth-order valence-electron chi connectivity index (χ4n) is 2.57. The highest BCUT2D eigenvalue weighted by molar-refractivity contribution is 6.04. The number of hydrogen-bond donors (Lipinski definition) is 1. The monoisotopic (exact) mass is 284 g/mol. The standard InChI is InChI=1S/C19H12N2O/c20-12-14-7-5-13(6-8-14)9-10-15-11-18-19(22-15)16-3-1-2-4-17(16)21-18/h1-11,21H. The average Bonchev–Trinajstić information content (AvgIpc) is 3.10. The second-order valence-corrected chi connectivity index (χ2v) is 5.13. The zero-order valence-corrected chi connectivity index (χ0v) is 11.7. The van der Waals surface area contributed by atoms with Crippen LogP contribution in [0.2, 0.25) is 0 Å². The van der Waals surface area contributed by atoms with Crippen LogP contribution in [-0.4, -0.2) is 4.98 Å². The molecule has 0 aliphatic heterocycles. The molecule has 4 rings (SSSR count). The van der Waals surface area contributed by atoms with Crippen LogP contribution in [0, 0.1) is 11.3 Å². The summed E-state index contributed by atoms with van der Waals surface area (Å²) < 4.78 is 5.92. The summed E-state index contributed by atoms with van der Waals surface area (Å²) in [5, 5.41) is 9.89. The van der Waals surface area contributed by atoms with E-state index in [0.717, 1.165) is 33.3 Å². The number of para-hydroxylation sites is 1. The molecule has 4 aromatic rings. The van der Waals surface area contributed by atoms with Gasteiger partial charge in [-0.1, -0.05) is 30.3 Å². The molecule has 0 saturated heterocycles. The van der Waals surface area contributed by atoms with Gasteiger partial charge in [0.2, 0.25) is 0 Å². The van der Waals surface area contributed by atoms with Crippen LogP contribution in [0.25, 0.3) is 34.2 Å². The minimum Gasteiger partial charge on any atom is -0.454 e. The Balaban J connectivity index is 1.69. The Bertz CT molecular complexity index is 1030. The number of nitrogens with zero attached hydrogens (tertiary/aromatic N) is 1. The number of rotatable bonds is 2. The van der Waals surface area contributed by atoms with Crippen molar-refractivity contribution in [2.45, 2.75) is 0 Å². The van der Waals surface area contributed by atoms with E-state index in [0.29, 0.717) is 5.56 Å². The molecule has 0 saturated carbocycles. The topological polar surface area (TPSA) is 52.7 Å². The van der Waals surface area contributed by atoms with Crippen LogP contribution in [0.5, 0.6) is 0 Å². The molecule has 22 heavy (non-hydrogen) atoms. The van der Waals surface area contributed by atoms with E-state index in [1.807, 2.05) is 54.6 Å². The third kappa shape index (κ3) is 2.07. The third-order valence-corrected chi connectivity index (χ3v) is 3.67. The summed E-state index contributed by atoms with van der Waals surface area (Å²) in [5.41, 5.74) is 4.66. The molecule has 3 nitrogen and oxygen atoms in total. The zero-order valence-electron chi connectivity index (χ0n) is 11.7. The molecule has 104 valence electrons. The Morgan fingerprint density at radius 2 is 1.77 bits per heavy atom. The Morgan fingerprint density at radius 1 is 0.955 bits per heavy atom. The number of aromatic nitrogens is 1. The van der Waals surface area contributed by atoms with Gasteiger partial charge in [-0.15, -0.1) is 0 Å². The minimum absolute atomic E-state index is 0.662. The Kier molecular flexibility index (Phi) is 2.80. The second-order valence-electron chi connectivity index (χ2n) is 5.13. The van der Waals surface area contributed by atoms with Gasteiger partial charge >= 0.3 is 0 Å². The lowest BCUT2D eigenvalue weighted by Gasteiger charge is -1.92. The Hall–Kier alpha value is -3.25. The van der Waals surface area contributed by atoms with Crippen molar-refractivity contribution in [3.8, 4) is 6.07 Å². The first-order valence-electron chi connectivity index (χ1n) is 7.02. The van der Waals surface area contributed by atoms with E-state index in [1.54, 1.807) is 12.1 Å².